The molecule has 1 aliphatic heterocycles. The van der Waals surface area contributed by atoms with Crippen molar-refractivity contribution in [2.24, 2.45) is 0 Å². The molecule has 2 rings (SSSR count). The Hall–Kier alpha value is -1.95. The third-order valence-corrected chi connectivity index (χ3v) is 3.98. The van der Waals surface area contributed by atoms with Crippen LogP contribution in [-0.4, -0.2) is 49.7 Å². The van der Waals surface area contributed by atoms with E-state index in [1.807, 2.05) is 0 Å². The first kappa shape index (κ1) is 17.4. The zero-order valence-corrected chi connectivity index (χ0v) is 13.5. The van der Waals surface area contributed by atoms with Crippen LogP contribution in [0.5, 0.6) is 0 Å². The van der Waals surface area contributed by atoms with Gasteiger partial charge in [0.2, 0.25) is 0 Å². The Labute approximate surface area is 135 Å². The molecular formula is C17H22FNO4. The van der Waals surface area contributed by atoms with Gasteiger partial charge < -0.3 is 14.4 Å². The standard InChI is InChI=1S/C17H22FNO4/c1-12-5-6-13(18)10-15(12)17(21)19(8-7-16(20)22-2)11-14-4-3-9-23-14/h5-6,10,14H,3-4,7-9,11H2,1-2H3. The predicted molar refractivity (Wildman–Crippen MR) is 82.6 cm³/mol. The summed E-state index contributed by atoms with van der Waals surface area (Å²) < 4.78 is 23.7. The van der Waals surface area contributed by atoms with Gasteiger partial charge in [0.1, 0.15) is 5.82 Å². The molecule has 0 spiro atoms. The summed E-state index contributed by atoms with van der Waals surface area (Å²) in [6.07, 6.45) is 1.90. The van der Waals surface area contributed by atoms with Gasteiger partial charge in [0.25, 0.3) is 5.91 Å². The molecule has 1 unspecified atom stereocenters. The molecule has 0 bridgehead atoms. The van der Waals surface area contributed by atoms with Gasteiger partial charge in [0, 0.05) is 25.3 Å². The fraction of sp³-hybridized carbons (Fsp3) is 0.529. The van der Waals surface area contributed by atoms with E-state index in [1.165, 1.54) is 19.2 Å². The fourth-order valence-electron chi connectivity index (χ4n) is 2.63. The SMILES string of the molecule is COC(=O)CCN(CC1CCCO1)C(=O)c1cc(F)ccc1C. The highest BCUT2D eigenvalue weighted by Gasteiger charge is 2.25. The van der Waals surface area contributed by atoms with Crippen LogP contribution in [0.4, 0.5) is 4.39 Å². The molecule has 126 valence electrons. The molecule has 6 heteroatoms. The molecule has 1 atom stereocenters. The quantitative estimate of drug-likeness (QED) is 0.754. The van der Waals surface area contributed by atoms with E-state index in [0.717, 1.165) is 12.8 Å². The second-order valence-electron chi connectivity index (χ2n) is 5.67. The third kappa shape index (κ3) is 4.76. The zero-order chi connectivity index (χ0) is 16.8. The van der Waals surface area contributed by atoms with Crippen molar-refractivity contribution in [2.45, 2.75) is 32.3 Å². The number of aryl methyl sites for hydroxylation is 1. The maximum atomic E-state index is 13.5. The number of nitrogens with zero attached hydrogens (tertiary/aromatic N) is 1. The number of rotatable bonds is 6. The molecule has 1 heterocycles. The zero-order valence-electron chi connectivity index (χ0n) is 13.5. The van der Waals surface area contributed by atoms with Gasteiger partial charge in [0.15, 0.2) is 0 Å². The van der Waals surface area contributed by atoms with E-state index in [0.29, 0.717) is 24.3 Å². The Kier molecular flexibility index (Phi) is 6.10. The number of esters is 1. The Morgan fingerprint density at radius 3 is 2.87 bits per heavy atom. The number of hydrogen-bond acceptors (Lipinski definition) is 4. The summed E-state index contributed by atoms with van der Waals surface area (Å²) in [6.45, 7) is 3.06. The molecule has 0 saturated carbocycles. The Morgan fingerprint density at radius 1 is 1.43 bits per heavy atom. The number of carbonyl (C=O) groups excluding carboxylic acids is 2. The molecule has 1 amide bonds. The van der Waals surface area contributed by atoms with Crippen LogP contribution in [0.3, 0.4) is 0 Å². The average molecular weight is 323 g/mol. The van der Waals surface area contributed by atoms with Gasteiger partial charge in [-0.25, -0.2) is 4.39 Å². The van der Waals surface area contributed by atoms with Crippen LogP contribution >= 0.6 is 0 Å². The van der Waals surface area contributed by atoms with Gasteiger partial charge >= 0.3 is 5.97 Å². The van der Waals surface area contributed by atoms with Crippen molar-refractivity contribution >= 4 is 11.9 Å². The number of methoxy groups -OCH3 is 1. The number of ether oxygens (including phenoxy) is 2. The topological polar surface area (TPSA) is 55.8 Å². The molecule has 0 N–H and O–H groups in total. The number of carbonyl (C=O) groups is 2. The minimum atomic E-state index is -0.455. The number of benzene rings is 1. The smallest absolute Gasteiger partial charge is 0.307 e. The molecule has 0 aliphatic carbocycles. The van der Waals surface area contributed by atoms with Crippen molar-refractivity contribution in [1.29, 1.82) is 0 Å². The number of halogens is 1. The van der Waals surface area contributed by atoms with Crippen LogP contribution in [0.1, 0.15) is 35.2 Å². The first-order valence-corrected chi connectivity index (χ1v) is 7.75. The highest BCUT2D eigenvalue weighted by atomic mass is 19.1. The summed E-state index contributed by atoms with van der Waals surface area (Å²) in [5.41, 5.74) is 1.01. The highest BCUT2D eigenvalue weighted by Crippen LogP contribution is 2.18. The molecule has 0 aromatic heterocycles. The molecule has 1 aromatic carbocycles. The van der Waals surface area contributed by atoms with Crippen LogP contribution in [0.2, 0.25) is 0 Å². The largest absolute Gasteiger partial charge is 0.469 e. The molecule has 1 saturated heterocycles. The number of hydrogen-bond donors (Lipinski definition) is 0. The van der Waals surface area contributed by atoms with Gasteiger partial charge in [-0.3, -0.25) is 9.59 Å². The normalized spacial score (nSPS) is 17.1. The summed E-state index contributed by atoms with van der Waals surface area (Å²) in [5.74, 6) is -1.13. The predicted octanol–water partition coefficient (Wildman–Crippen LogP) is 2.32. The van der Waals surface area contributed by atoms with Crippen molar-refractivity contribution in [2.75, 3.05) is 26.8 Å². The van der Waals surface area contributed by atoms with Gasteiger partial charge in [-0.05, 0) is 37.5 Å². The first-order valence-electron chi connectivity index (χ1n) is 7.75. The maximum Gasteiger partial charge on any atom is 0.307 e. The minimum Gasteiger partial charge on any atom is -0.469 e. The molecule has 1 aliphatic rings. The summed E-state index contributed by atoms with van der Waals surface area (Å²) in [7, 11) is 1.31. The lowest BCUT2D eigenvalue weighted by atomic mass is 10.1. The third-order valence-electron chi connectivity index (χ3n) is 3.98. The molecule has 23 heavy (non-hydrogen) atoms. The van der Waals surface area contributed by atoms with E-state index in [2.05, 4.69) is 4.74 Å². The van der Waals surface area contributed by atoms with Crippen LogP contribution in [-0.2, 0) is 14.3 Å². The van der Waals surface area contributed by atoms with Crippen LogP contribution in [0.15, 0.2) is 18.2 Å². The van der Waals surface area contributed by atoms with Crippen LogP contribution in [0.25, 0.3) is 0 Å². The number of amides is 1. The van der Waals surface area contributed by atoms with E-state index in [1.54, 1.807) is 17.9 Å². The van der Waals surface area contributed by atoms with E-state index >= 15 is 0 Å². The molecule has 1 fully saturated rings. The van der Waals surface area contributed by atoms with Crippen molar-refractivity contribution in [1.82, 2.24) is 4.90 Å². The summed E-state index contributed by atoms with van der Waals surface area (Å²) in [6, 6.07) is 4.14. The second kappa shape index (κ2) is 8.06. The van der Waals surface area contributed by atoms with Gasteiger partial charge in [-0.2, -0.15) is 0 Å². The maximum absolute atomic E-state index is 13.5. The van der Waals surface area contributed by atoms with Gasteiger partial charge in [-0.15, -0.1) is 0 Å². The Morgan fingerprint density at radius 2 is 2.22 bits per heavy atom. The van der Waals surface area contributed by atoms with Crippen molar-refractivity contribution in [3.8, 4) is 0 Å². The average Bonchev–Trinajstić information content (AvgIpc) is 3.05. The van der Waals surface area contributed by atoms with E-state index < -0.39 is 5.82 Å². The van der Waals surface area contributed by atoms with E-state index in [9.17, 15) is 14.0 Å². The summed E-state index contributed by atoms with van der Waals surface area (Å²) in [4.78, 5) is 25.7. The molecule has 0 radical (unpaired) electrons. The van der Waals surface area contributed by atoms with Crippen molar-refractivity contribution in [3.05, 3.63) is 35.1 Å². The molecule has 5 nitrogen and oxygen atoms in total. The lowest BCUT2D eigenvalue weighted by Gasteiger charge is -2.26. The Bertz CT molecular complexity index is 570. The minimum absolute atomic E-state index is 0.0366. The Balaban J connectivity index is 2.14. The van der Waals surface area contributed by atoms with E-state index in [-0.39, 0.29) is 30.9 Å². The van der Waals surface area contributed by atoms with Crippen molar-refractivity contribution < 1.29 is 23.5 Å². The lowest BCUT2D eigenvalue weighted by molar-refractivity contribution is -0.140. The fourth-order valence-corrected chi connectivity index (χ4v) is 2.63. The van der Waals surface area contributed by atoms with Gasteiger partial charge in [0.05, 0.1) is 19.6 Å². The molecule has 1 aromatic rings. The van der Waals surface area contributed by atoms with Crippen LogP contribution in [0, 0.1) is 12.7 Å². The van der Waals surface area contributed by atoms with Crippen molar-refractivity contribution in [3.63, 3.8) is 0 Å². The second-order valence-corrected chi connectivity index (χ2v) is 5.67. The highest BCUT2D eigenvalue weighted by molar-refractivity contribution is 5.95. The van der Waals surface area contributed by atoms with Gasteiger partial charge in [-0.1, -0.05) is 6.07 Å². The van der Waals surface area contributed by atoms with Crippen LogP contribution < -0.4 is 0 Å². The first-order chi connectivity index (χ1) is 11.0. The lowest BCUT2D eigenvalue weighted by Crippen LogP contribution is -2.39. The molecular weight excluding hydrogens is 301 g/mol. The summed E-state index contributed by atoms with van der Waals surface area (Å²) >= 11 is 0. The van der Waals surface area contributed by atoms with E-state index in [4.69, 9.17) is 4.74 Å². The summed E-state index contributed by atoms with van der Waals surface area (Å²) in [5, 5.41) is 0. The monoisotopic (exact) mass is 323 g/mol.